The van der Waals surface area contributed by atoms with Crippen LogP contribution in [0, 0.1) is 0 Å². The number of pyridine rings is 1. The monoisotopic (exact) mass is 226 g/mol. The van der Waals surface area contributed by atoms with Crippen LogP contribution in [-0.4, -0.2) is 0 Å². The van der Waals surface area contributed by atoms with E-state index in [1.165, 1.54) is 11.3 Å². The molecule has 1 heterocycles. The molecule has 0 unspecified atom stereocenters. The van der Waals surface area contributed by atoms with Crippen molar-refractivity contribution >= 4 is 0 Å². The highest BCUT2D eigenvalue weighted by Gasteiger charge is 2.24. The molecule has 0 N–H and O–H groups in total. The summed E-state index contributed by atoms with van der Waals surface area (Å²) in [4.78, 5) is 0. The Balaban J connectivity index is 2.34. The van der Waals surface area contributed by atoms with Gasteiger partial charge in [0, 0.05) is 23.1 Å². The first kappa shape index (κ1) is 11.8. The highest BCUT2D eigenvalue weighted by Crippen LogP contribution is 2.18. The van der Waals surface area contributed by atoms with Gasteiger partial charge in [-0.25, -0.2) is 0 Å². The first-order valence-electron chi connectivity index (χ1n) is 6.10. The summed E-state index contributed by atoms with van der Waals surface area (Å²) in [5.41, 5.74) is 2.88. The molecule has 0 radical (unpaired) electrons. The van der Waals surface area contributed by atoms with Gasteiger partial charge in [0.25, 0.3) is 0 Å². The molecule has 0 aliphatic heterocycles. The van der Waals surface area contributed by atoms with Crippen molar-refractivity contribution < 1.29 is 4.57 Å². The van der Waals surface area contributed by atoms with Gasteiger partial charge in [-0.05, 0) is 0 Å². The molecule has 2 aromatic rings. The van der Waals surface area contributed by atoms with E-state index in [0.717, 1.165) is 6.54 Å². The number of hydrogen-bond donors (Lipinski definition) is 0. The minimum atomic E-state index is 0.177. The number of aromatic nitrogens is 1. The van der Waals surface area contributed by atoms with E-state index in [1.807, 2.05) is 0 Å². The largest absolute Gasteiger partial charge is 0.198 e. The van der Waals surface area contributed by atoms with Crippen LogP contribution < -0.4 is 4.57 Å². The molecule has 0 saturated heterocycles. The zero-order valence-corrected chi connectivity index (χ0v) is 10.9. The van der Waals surface area contributed by atoms with Gasteiger partial charge in [-0.1, -0.05) is 57.2 Å². The fourth-order valence-corrected chi connectivity index (χ4v) is 2.08. The Bertz CT molecular complexity index is 480. The lowest BCUT2D eigenvalue weighted by molar-refractivity contribution is -0.698. The van der Waals surface area contributed by atoms with Crippen LogP contribution in [0.3, 0.4) is 0 Å². The van der Waals surface area contributed by atoms with E-state index in [0.29, 0.717) is 0 Å². The van der Waals surface area contributed by atoms with E-state index >= 15 is 0 Å². The molecule has 0 amide bonds. The molecule has 1 aromatic heterocycles. The molecule has 0 spiro atoms. The molecular formula is C16H20N+. The van der Waals surface area contributed by atoms with Crippen LogP contribution in [-0.2, 0) is 12.0 Å². The fourth-order valence-electron chi connectivity index (χ4n) is 2.08. The van der Waals surface area contributed by atoms with Crippen molar-refractivity contribution in [3.8, 4) is 0 Å². The summed E-state index contributed by atoms with van der Waals surface area (Å²) in [6.45, 7) is 7.70. The maximum Gasteiger partial charge on any atom is 0.186 e. The zero-order chi connectivity index (χ0) is 12.3. The molecule has 88 valence electrons. The third kappa shape index (κ3) is 2.94. The van der Waals surface area contributed by atoms with Gasteiger partial charge in [-0.15, -0.1) is 0 Å². The van der Waals surface area contributed by atoms with E-state index in [9.17, 15) is 0 Å². The zero-order valence-electron chi connectivity index (χ0n) is 10.9. The third-order valence-electron chi connectivity index (χ3n) is 2.90. The van der Waals surface area contributed by atoms with Gasteiger partial charge >= 0.3 is 0 Å². The van der Waals surface area contributed by atoms with Crippen LogP contribution in [0.4, 0.5) is 0 Å². The predicted octanol–water partition coefficient (Wildman–Crippen LogP) is 3.32. The lowest BCUT2D eigenvalue weighted by Crippen LogP contribution is -2.43. The number of benzene rings is 1. The van der Waals surface area contributed by atoms with Crippen molar-refractivity contribution in [2.24, 2.45) is 0 Å². The van der Waals surface area contributed by atoms with Crippen LogP contribution in [0.2, 0.25) is 0 Å². The third-order valence-corrected chi connectivity index (χ3v) is 2.90. The van der Waals surface area contributed by atoms with Crippen molar-refractivity contribution in [3.05, 3.63) is 66.0 Å². The topological polar surface area (TPSA) is 3.88 Å². The van der Waals surface area contributed by atoms with Crippen LogP contribution >= 0.6 is 0 Å². The molecule has 0 bridgehead atoms. The lowest BCUT2D eigenvalue weighted by Gasteiger charge is -2.16. The molecule has 1 aromatic carbocycles. The van der Waals surface area contributed by atoms with Gasteiger partial charge in [-0.2, -0.15) is 4.57 Å². The van der Waals surface area contributed by atoms with Crippen molar-refractivity contribution in [3.63, 3.8) is 0 Å². The molecule has 0 aliphatic carbocycles. The molecule has 1 heteroatoms. The number of nitrogens with zero attached hydrogens (tertiary/aromatic N) is 1. The maximum absolute atomic E-state index is 2.33. The van der Waals surface area contributed by atoms with E-state index < -0.39 is 0 Å². The summed E-state index contributed by atoms with van der Waals surface area (Å²) < 4.78 is 2.33. The predicted molar refractivity (Wildman–Crippen MR) is 70.9 cm³/mol. The molecule has 0 aliphatic rings. The van der Waals surface area contributed by atoms with E-state index in [1.54, 1.807) is 0 Å². The second-order valence-electron chi connectivity index (χ2n) is 5.45. The maximum atomic E-state index is 2.33. The van der Waals surface area contributed by atoms with E-state index in [4.69, 9.17) is 0 Å². The Hall–Kier alpha value is -1.63. The SMILES string of the molecule is CC(C)(C)c1cccc[n+]1Cc1ccccc1. The number of hydrogen-bond acceptors (Lipinski definition) is 0. The molecule has 0 atom stereocenters. The van der Waals surface area contributed by atoms with Crippen molar-refractivity contribution in [1.82, 2.24) is 0 Å². The molecule has 1 nitrogen and oxygen atoms in total. The molecular weight excluding hydrogens is 206 g/mol. The van der Waals surface area contributed by atoms with Gasteiger partial charge in [0.2, 0.25) is 0 Å². The van der Waals surface area contributed by atoms with Crippen molar-refractivity contribution in [2.75, 3.05) is 0 Å². The summed E-state index contributed by atoms with van der Waals surface area (Å²) in [6, 6.07) is 17.0. The minimum absolute atomic E-state index is 0.177. The summed E-state index contributed by atoms with van der Waals surface area (Å²) in [7, 11) is 0. The smallest absolute Gasteiger partial charge is 0.186 e. The van der Waals surface area contributed by atoms with E-state index in [-0.39, 0.29) is 5.41 Å². The van der Waals surface area contributed by atoms with E-state index in [2.05, 4.69) is 80.1 Å². The summed E-state index contributed by atoms with van der Waals surface area (Å²) in [6.07, 6.45) is 2.16. The van der Waals surface area contributed by atoms with Crippen molar-refractivity contribution in [2.45, 2.75) is 32.7 Å². The summed E-state index contributed by atoms with van der Waals surface area (Å²) in [5.74, 6) is 0. The van der Waals surface area contributed by atoms with Gasteiger partial charge in [-0.3, -0.25) is 0 Å². The highest BCUT2D eigenvalue weighted by molar-refractivity contribution is 5.14. The summed E-state index contributed by atoms with van der Waals surface area (Å²) >= 11 is 0. The lowest BCUT2D eigenvalue weighted by atomic mass is 9.91. The second kappa shape index (κ2) is 4.70. The van der Waals surface area contributed by atoms with Crippen LogP contribution in [0.5, 0.6) is 0 Å². The Morgan fingerprint density at radius 2 is 1.53 bits per heavy atom. The van der Waals surface area contributed by atoms with Crippen LogP contribution in [0.1, 0.15) is 32.0 Å². The molecule has 0 fully saturated rings. The second-order valence-corrected chi connectivity index (χ2v) is 5.45. The number of rotatable bonds is 2. The molecule has 2 rings (SSSR count). The van der Waals surface area contributed by atoms with Gasteiger partial charge in [0.05, 0.1) is 0 Å². The fraction of sp³-hybridized carbons (Fsp3) is 0.312. The normalized spacial score (nSPS) is 11.5. The Morgan fingerprint density at radius 1 is 0.882 bits per heavy atom. The Kier molecular flexibility index (Phi) is 3.28. The van der Waals surface area contributed by atoms with Crippen molar-refractivity contribution in [1.29, 1.82) is 0 Å². The van der Waals surface area contributed by atoms with Crippen LogP contribution in [0.25, 0.3) is 0 Å². The average molecular weight is 226 g/mol. The average Bonchev–Trinajstić information content (AvgIpc) is 2.30. The van der Waals surface area contributed by atoms with Crippen LogP contribution in [0.15, 0.2) is 54.7 Å². The molecule has 0 saturated carbocycles. The first-order valence-corrected chi connectivity index (χ1v) is 6.10. The summed E-state index contributed by atoms with van der Waals surface area (Å²) in [5, 5.41) is 0. The standard InChI is InChI=1S/C16H20N/c1-16(2,3)15-11-7-8-12-17(15)13-14-9-5-4-6-10-14/h4-12H,13H2,1-3H3/q+1. The van der Waals surface area contributed by atoms with Gasteiger partial charge in [0.15, 0.2) is 18.4 Å². The Labute approximate surface area is 104 Å². The minimum Gasteiger partial charge on any atom is -0.198 e. The Morgan fingerprint density at radius 3 is 2.18 bits per heavy atom. The van der Waals surface area contributed by atoms with Gasteiger partial charge in [0.1, 0.15) is 0 Å². The molecule has 17 heavy (non-hydrogen) atoms. The highest BCUT2D eigenvalue weighted by atomic mass is 15.0. The van der Waals surface area contributed by atoms with Gasteiger partial charge < -0.3 is 0 Å². The first-order chi connectivity index (χ1) is 8.07. The quantitative estimate of drug-likeness (QED) is 0.692.